The Labute approximate surface area is 214 Å². The van der Waals surface area contributed by atoms with Crippen LogP contribution in [0.5, 0.6) is 0 Å². The fourth-order valence-electron chi connectivity index (χ4n) is 9.25. The van der Waals surface area contributed by atoms with Gasteiger partial charge >= 0.3 is 11.9 Å². The van der Waals surface area contributed by atoms with Crippen LogP contribution < -0.4 is 0 Å². The van der Waals surface area contributed by atoms with Gasteiger partial charge in [0.1, 0.15) is 12.2 Å². The molecule has 198 valence electrons. The molecule has 4 aliphatic carbocycles. The van der Waals surface area contributed by atoms with E-state index in [0.717, 1.165) is 37.0 Å². The zero-order chi connectivity index (χ0) is 25.5. The number of fused-ring (bicyclic) bond motifs is 5. The molecule has 0 saturated heterocycles. The molecule has 35 heavy (non-hydrogen) atoms. The summed E-state index contributed by atoms with van der Waals surface area (Å²) in [4.78, 5) is 23.9. The Hall–Kier alpha value is -1.32. The van der Waals surface area contributed by atoms with Gasteiger partial charge in [-0.25, -0.2) is 0 Å². The highest BCUT2D eigenvalue weighted by atomic mass is 16.5. The molecule has 0 aromatic rings. The lowest BCUT2D eigenvalue weighted by atomic mass is 9.46. The molecular formula is C31H50O4. The van der Waals surface area contributed by atoms with Crippen LogP contribution in [0.4, 0.5) is 0 Å². The van der Waals surface area contributed by atoms with Crippen LogP contribution in [0, 0.1) is 46.3 Å². The van der Waals surface area contributed by atoms with Crippen LogP contribution in [0.1, 0.15) is 113 Å². The van der Waals surface area contributed by atoms with Crippen molar-refractivity contribution >= 4 is 11.9 Å². The zero-order valence-electron chi connectivity index (χ0n) is 23.4. The monoisotopic (exact) mass is 486 g/mol. The molecule has 4 aliphatic rings. The molecule has 0 bridgehead atoms. The van der Waals surface area contributed by atoms with Crippen LogP contribution in [-0.4, -0.2) is 24.1 Å². The minimum atomic E-state index is -0.197. The second-order valence-corrected chi connectivity index (χ2v) is 13.5. The third kappa shape index (κ3) is 5.10. The SMILES string of the molecule is CC(=O)O[C@H]1CC[C@@]2(C)C(=C[C@H](OC(C)=O)[C@H]3[C@@H]4CC[C@H]([C@H](C)CCCC(C)C)[C@@]4(C)CC[C@@H]32)C1. The fraction of sp³-hybridized carbons (Fsp3) is 0.871. The van der Waals surface area contributed by atoms with Gasteiger partial charge in [0.2, 0.25) is 0 Å². The molecule has 3 saturated carbocycles. The Morgan fingerprint density at radius 2 is 1.66 bits per heavy atom. The van der Waals surface area contributed by atoms with Crippen molar-refractivity contribution in [1.82, 2.24) is 0 Å². The molecule has 0 heterocycles. The lowest BCUT2D eigenvalue weighted by Gasteiger charge is -2.59. The van der Waals surface area contributed by atoms with Crippen LogP contribution >= 0.6 is 0 Å². The first-order valence-electron chi connectivity index (χ1n) is 14.5. The molecule has 3 fully saturated rings. The van der Waals surface area contributed by atoms with E-state index in [0.29, 0.717) is 23.2 Å². The van der Waals surface area contributed by atoms with Gasteiger partial charge in [-0.15, -0.1) is 0 Å². The maximum Gasteiger partial charge on any atom is 0.303 e. The number of hydrogen-bond donors (Lipinski definition) is 0. The Kier molecular flexibility index (Phi) is 7.80. The molecule has 0 aliphatic heterocycles. The van der Waals surface area contributed by atoms with Crippen molar-refractivity contribution in [2.45, 2.75) is 125 Å². The van der Waals surface area contributed by atoms with E-state index in [1.807, 2.05) is 0 Å². The third-order valence-corrected chi connectivity index (χ3v) is 10.9. The van der Waals surface area contributed by atoms with Crippen molar-refractivity contribution in [3.8, 4) is 0 Å². The highest BCUT2D eigenvalue weighted by molar-refractivity contribution is 5.67. The Morgan fingerprint density at radius 3 is 2.31 bits per heavy atom. The van der Waals surface area contributed by atoms with E-state index in [-0.39, 0.29) is 29.6 Å². The Morgan fingerprint density at radius 1 is 0.943 bits per heavy atom. The van der Waals surface area contributed by atoms with E-state index in [9.17, 15) is 9.59 Å². The lowest BCUT2D eigenvalue weighted by molar-refractivity contribution is -0.159. The molecule has 0 radical (unpaired) electrons. The van der Waals surface area contributed by atoms with Crippen molar-refractivity contribution < 1.29 is 19.1 Å². The first-order valence-corrected chi connectivity index (χ1v) is 14.5. The molecule has 0 aromatic heterocycles. The van der Waals surface area contributed by atoms with Crippen LogP contribution in [0.25, 0.3) is 0 Å². The van der Waals surface area contributed by atoms with Crippen molar-refractivity contribution in [2.75, 3.05) is 0 Å². The number of ether oxygens (including phenoxy) is 2. The smallest absolute Gasteiger partial charge is 0.303 e. The van der Waals surface area contributed by atoms with E-state index in [2.05, 4.69) is 40.7 Å². The van der Waals surface area contributed by atoms with Crippen molar-refractivity contribution in [2.24, 2.45) is 46.3 Å². The molecule has 4 rings (SSSR count). The average Bonchev–Trinajstić information content (AvgIpc) is 3.10. The van der Waals surface area contributed by atoms with Crippen LogP contribution in [0.15, 0.2) is 11.6 Å². The maximum atomic E-state index is 12.2. The van der Waals surface area contributed by atoms with E-state index >= 15 is 0 Å². The van der Waals surface area contributed by atoms with E-state index < -0.39 is 0 Å². The summed E-state index contributed by atoms with van der Waals surface area (Å²) >= 11 is 0. The Bertz CT molecular complexity index is 830. The van der Waals surface area contributed by atoms with Crippen LogP contribution in [-0.2, 0) is 19.1 Å². The second-order valence-electron chi connectivity index (χ2n) is 13.5. The average molecular weight is 487 g/mol. The van der Waals surface area contributed by atoms with Crippen LogP contribution in [0.3, 0.4) is 0 Å². The first kappa shape index (κ1) is 26.7. The molecule has 0 N–H and O–H groups in total. The molecular weight excluding hydrogens is 436 g/mol. The lowest BCUT2D eigenvalue weighted by Crippen LogP contribution is -2.55. The van der Waals surface area contributed by atoms with E-state index in [1.165, 1.54) is 57.4 Å². The number of rotatable bonds is 7. The van der Waals surface area contributed by atoms with Gasteiger partial charge in [-0.2, -0.15) is 0 Å². The second kappa shape index (κ2) is 10.2. The van der Waals surface area contributed by atoms with Gasteiger partial charge < -0.3 is 9.47 Å². The highest BCUT2D eigenvalue weighted by Crippen LogP contribution is 2.67. The molecule has 4 heteroatoms. The summed E-state index contributed by atoms with van der Waals surface area (Å²) in [6.45, 7) is 15.3. The van der Waals surface area contributed by atoms with Crippen molar-refractivity contribution in [3.05, 3.63) is 11.6 Å². The van der Waals surface area contributed by atoms with Crippen molar-refractivity contribution in [3.63, 3.8) is 0 Å². The molecule has 9 atom stereocenters. The number of hydrogen-bond acceptors (Lipinski definition) is 4. The van der Waals surface area contributed by atoms with Gasteiger partial charge in [0.05, 0.1) is 0 Å². The number of carbonyl (C=O) groups is 2. The predicted octanol–water partition coefficient (Wildman–Crippen LogP) is 7.50. The molecule has 0 aromatic carbocycles. The quantitative estimate of drug-likeness (QED) is 0.276. The number of esters is 2. The molecule has 0 amide bonds. The summed E-state index contributed by atoms with van der Waals surface area (Å²) in [7, 11) is 0. The summed E-state index contributed by atoms with van der Waals surface area (Å²) in [6.07, 6.45) is 14.0. The topological polar surface area (TPSA) is 52.6 Å². The normalized spacial score (nSPS) is 41.3. The largest absolute Gasteiger partial charge is 0.462 e. The third-order valence-electron chi connectivity index (χ3n) is 10.9. The summed E-state index contributed by atoms with van der Waals surface area (Å²) in [5.41, 5.74) is 1.83. The van der Waals surface area contributed by atoms with E-state index in [1.54, 1.807) is 6.92 Å². The van der Waals surface area contributed by atoms with Gasteiger partial charge in [0.15, 0.2) is 0 Å². The molecule has 0 unspecified atom stereocenters. The minimum absolute atomic E-state index is 0.0437. The van der Waals surface area contributed by atoms with E-state index in [4.69, 9.17) is 9.47 Å². The predicted molar refractivity (Wildman–Crippen MR) is 140 cm³/mol. The minimum Gasteiger partial charge on any atom is -0.462 e. The van der Waals surface area contributed by atoms with Gasteiger partial charge in [-0.3, -0.25) is 9.59 Å². The number of carbonyl (C=O) groups excluding carboxylic acids is 2. The zero-order valence-corrected chi connectivity index (χ0v) is 23.4. The van der Waals surface area contributed by atoms with Gasteiger partial charge in [0.25, 0.3) is 0 Å². The van der Waals surface area contributed by atoms with Gasteiger partial charge in [-0.1, -0.05) is 59.5 Å². The van der Waals surface area contributed by atoms with Gasteiger partial charge in [-0.05, 0) is 85.0 Å². The summed E-state index contributed by atoms with van der Waals surface area (Å²) < 4.78 is 11.7. The summed E-state index contributed by atoms with van der Waals surface area (Å²) in [5.74, 6) is 3.51. The maximum absolute atomic E-state index is 12.2. The standard InChI is InChI=1S/C31H50O4/c1-19(2)9-8-10-20(3)25-11-12-26-29-27(14-16-31(25,26)7)30(6)15-13-24(34-21(4)32)17-23(30)18-28(29)35-22(5)33/h18-20,24-29H,8-17H2,1-7H3/t20-,24+,25-,26+,27+,28+,29+,30+,31-/m1/s1. The molecule has 4 nitrogen and oxygen atoms in total. The van der Waals surface area contributed by atoms with Crippen LogP contribution in [0.2, 0.25) is 0 Å². The summed E-state index contributed by atoms with van der Waals surface area (Å²) in [5, 5.41) is 0. The fourth-order valence-corrected chi connectivity index (χ4v) is 9.25. The molecule has 0 spiro atoms. The first-order chi connectivity index (χ1) is 16.5. The van der Waals surface area contributed by atoms with Crippen molar-refractivity contribution in [1.29, 1.82) is 0 Å². The summed E-state index contributed by atoms with van der Waals surface area (Å²) in [6, 6.07) is 0. The van der Waals surface area contributed by atoms with Gasteiger partial charge in [0, 0.05) is 26.2 Å². The Balaban J connectivity index is 1.60. The highest BCUT2D eigenvalue weighted by Gasteiger charge is 2.62.